The van der Waals surface area contributed by atoms with Crippen LogP contribution in [-0.4, -0.2) is 9.97 Å². The summed E-state index contributed by atoms with van der Waals surface area (Å²) in [6.07, 6.45) is 1.40. The Kier molecular flexibility index (Phi) is 3.14. The van der Waals surface area contributed by atoms with E-state index in [1.165, 1.54) is 12.4 Å². The summed E-state index contributed by atoms with van der Waals surface area (Å²) in [7, 11) is 0. The van der Waals surface area contributed by atoms with Gasteiger partial charge < -0.3 is 5.32 Å². The van der Waals surface area contributed by atoms with E-state index >= 15 is 0 Å². The Labute approximate surface area is 101 Å². The molecule has 2 aromatic rings. The molecule has 0 bridgehead atoms. The fourth-order valence-electron chi connectivity index (χ4n) is 1.26. The molecular weight excluding hydrogens is 273 g/mol. The summed E-state index contributed by atoms with van der Waals surface area (Å²) in [4.78, 5) is 7.87. The van der Waals surface area contributed by atoms with Crippen LogP contribution in [0.3, 0.4) is 0 Å². The van der Waals surface area contributed by atoms with Crippen molar-refractivity contribution in [1.29, 1.82) is 0 Å². The summed E-state index contributed by atoms with van der Waals surface area (Å²) in [5.41, 5.74) is 1.28. The molecule has 0 spiro atoms. The predicted octanol–water partition coefficient (Wildman–Crippen LogP) is 3.43. The number of hydrogen-bond donors (Lipinski definition) is 1. The third kappa shape index (κ3) is 2.55. The molecule has 0 aliphatic carbocycles. The van der Waals surface area contributed by atoms with Crippen LogP contribution in [0.2, 0.25) is 0 Å². The summed E-state index contributed by atoms with van der Waals surface area (Å²) in [6, 6.07) is 6.67. The fourth-order valence-corrected chi connectivity index (χ4v) is 1.57. The quantitative estimate of drug-likeness (QED) is 0.857. The summed E-state index contributed by atoms with van der Waals surface area (Å²) in [6.45, 7) is 1.84. The minimum Gasteiger partial charge on any atom is -0.338 e. The van der Waals surface area contributed by atoms with Crippen molar-refractivity contribution in [3.63, 3.8) is 0 Å². The molecule has 0 saturated carbocycles. The summed E-state index contributed by atoms with van der Waals surface area (Å²) < 4.78 is 14.2. The molecule has 1 aromatic heterocycles. The smallest absolute Gasteiger partial charge is 0.146 e. The molecule has 0 saturated heterocycles. The van der Waals surface area contributed by atoms with E-state index in [1.807, 2.05) is 13.0 Å². The van der Waals surface area contributed by atoms with E-state index in [9.17, 15) is 4.39 Å². The first-order valence-electron chi connectivity index (χ1n) is 4.66. The van der Waals surface area contributed by atoms with Gasteiger partial charge in [0.15, 0.2) is 0 Å². The molecule has 5 heteroatoms. The van der Waals surface area contributed by atoms with E-state index in [0.717, 1.165) is 5.56 Å². The minimum absolute atomic E-state index is 0.297. The predicted molar refractivity (Wildman–Crippen MR) is 64.2 cm³/mol. The zero-order valence-electron chi connectivity index (χ0n) is 8.54. The molecule has 0 amide bonds. The molecule has 0 atom stereocenters. The van der Waals surface area contributed by atoms with Crippen molar-refractivity contribution in [3.05, 3.63) is 46.6 Å². The summed E-state index contributed by atoms with van der Waals surface area (Å²) >= 11 is 3.22. The van der Waals surface area contributed by atoms with Crippen LogP contribution in [0.4, 0.5) is 15.9 Å². The summed E-state index contributed by atoms with van der Waals surface area (Å²) in [5.74, 6) is 0.249. The molecular formula is C11H9BrFN3. The fraction of sp³-hybridized carbons (Fsp3) is 0.0909. The second-order valence-electron chi connectivity index (χ2n) is 3.33. The van der Waals surface area contributed by atoms with Crippen molar-refractivity contribution >= 4 is 27.4 Å². The molecule has 1 heterocycles. The lowest BCUT2D eigenvalue weighted by molar-refractivity contribution is 0.630. The number of aromatic nitrogens is 2. The molecule has 0 radical (unpaired) electrons. The van der Waals surface area contributed by atoms with Crippen LogP contribution in [-0.2, 0) is 0 Å². The molecule has 0 fully saturated rings. The molecule has 2 rings (SSSR count). The first kappa shape index (κ1) is 11.0. The van der Waals surface area contributed by atoms with Gasteiger partial charge in [0.1, 0.15) is 22.6 Å². The van der Waals surface area contributed by atoms with Gasteiger partial charge in [0.25, 0.3) is 0 Å². The molecule has 16 heavy (non-hydrogen) atoms. The van der Waals surface area contributed by atoms with Gasteiger partial charge >= 0.3 is 0 Å². The van der Waals surface area contributed by atoms with Gasteiger partial charge in [-0.25, -0.2) is 14.4 Å². The number of nitrogens with zero attached hydrogens (tertiary/aromatic N) is 2. The van der Waals surface area contributed by atoms with Crippen LogP contribution >= 0.6 is 15.9 Å². The molecule has 0 aliphatic heterocycles. The largest absolute Gasteiger partial charge is 0.338 e. The average Bonchev–Trinajstić information content (AvgIpc) is 2.22. The number of aryl methyl sites for hydroxylation is 1. The number of benzene rings is 1. The zero-order chi connectivity index (χ0) is 11.5. The topological polar surface area (TPSA) is 37.8 Å². The SMILES string of the molecule is Cc1ccc(Nc2cc(Br)ncn2)c(F)c1. The molecule has 0 aliphatic rings. The molecule has 82 valence electrons. The minimum atomic E-state index is -0.297. The zero-order valence-corrected chi connectivity index (χ0v) is 10.1. The second kappa shape index (κ2) is 4.57. The molecule has 0 unspecified atom stereocenters. The van der Waals surface area contributed by atoms with E-state index < -0.39 is 0 Å². The lowest BCUT2D eigenvalue weighted by Gasteiger charge is -2.06. The van der Waals surface area contributed by atoms with Gasteiger partial charge in [0, 0.05) is 6.07 Å². The molecule has 3 nitrogen and oxygen atoms in total. The Hall–Kier alpha value is -1.49. The highest BCUT2D eigenvalue weighted by Crippen LogP contribution is 2.20. The van der Waals surface area contributed by atoms with Gasteiger partial charge in [-0.1, -0.05) is 6.07 Å². The Morgan fingerprint density at radius 1 is 1.25 bits per heavy atom. The number of anilines is 2. The third-order valence-electron chi connectivity index (χ3n) is 2.02. The lowest BCUT2D eigenvalue weighted by atomic mass is 10.2. The van der Waals surface area contributed by atoms with Crippen LogP contribution < -0.4 is 5.32 Å². The van der Waals surface area contributed by atoms with Crippen molar-refractivity contribution in [3.8, 4) is 0 Å². The maximum atomic E-state index is 13.5. The highest BCUT2D eigenvalue weighted by atomic mass is 79.9. The maximum absolute atomic E-state index is 13.5. The summed E-state index contributed by atoms with van der Waals surface area (Å²) in [5, 5.41) is 2.88. The average molecular weight is 282 g/mol. The van der Waals surface area contributed by atoms with Crippen LogP contribution in [0, 0.1) is 12.7 Å². The van der Waals surface area contributed by atoms with Gasteiger partial charge in [0.2, 0.25) is 0 Å². The Bertz CT molecular complexity index is 516. The third-order valence-corrected chi connectivity index (χ3v) is 2.45. The van der Waals surface area contributed by atoms with Crippen molar-refractivity contribution < 1.29 is 4.39 Å². The van der Waals surface area contributed by atoms with E-state index in [1.54, 1.807) is 12.1 Å². The van der Waals surface area contributed by atoms with Crippen molar-refractivity contribution in [2.45, 2.75) is 6.92 Å². The highest BCUT2D eigenvalue weighted by molar-refractivity contribution is 9.10. The maximum Gasteiger partial charge on any atom is 0.146 e. The number of nitrogens with one attached hydrogen (secondary N) is 1. The van der Waals surface area contributed by atoms with E-state index in [2.05, 4.69) is 31.2 Å². The molecule has 1 N–H and O–H groups in total. The van der Waals surface area contributed by atoms with Crippen molar-refractivity contribution in [2.75, 3.05) is 5.32 Å². The second-order valence-corrected chi connectivity index (χ2v) is 4.15. The lowest BCUT2D eigenvalue weighted by Crippen LogP contribution is -1.97. The van der Waals surface area contributed by atoms with Crippen LogP contribution in [0.1, 0.15) is 5.56 Å². The van der Waals surface area contributed by atoms with Gasteiger partial charge in [-0.2, -0.15) is 0 Å². The Morgan fingerprint density at radius 3 is 2.75 bits per heavy atom. The first-order valence-corrected chi connectivity index (χ1v) is 5.45. The Morgan fingerprint density at radius 2 is 2.06 bits per heavy atom. The van der Waals surface area contributed by atoms with Crippen molar-refractivity contribution in [1.82, 2.24) is 9.97 Å². The van der Waals surface area contributed by atoms with Crippen LogP contribution in [0.25, 0.3) is 0 Å². The van der Waals surface area contributed by atoms with Crippen LogP contribution in [0.5, 0.6) is 0 Å². The molecule has 1 aromatic carbocycles. The standard InChI is InChI=1S/C11H9BrFN3/c1-7-2-3-9(8(13)4-7)16-11-5-10(12)14-6-15-11/h2-6H,1H3,(H,14,15,16). The van der Waals surface area contributed by atoms with Gasteiger partial charge in [-0.15, -0.1) is 0 Å². The van der Waals surface area contributed by atoms with Crippen LogP contribution in [0.15, 0.2) is 35.2 Å². The first-order chi connectivity index (χ1) is 7.65. The number of rotatable bonds is 2. The van der Waals surface area contributed by atoms with Gasteiger partial charge in [-0.05, 0) is 40.5 Å². The van der Waals surface area contributed by atoms with E-state index in [0.29, 0.717) is 16.1 Å². The number of hydrogen-bond acceptors (Lipinski definition) is 3. The van der Waals surface area contributed by atoms with Gasteiger partial charge in [0.05, 0.1) is 5.69 Å². The Balaban J connectivity index is 2.27. The monoisotopic (exact) mass is 281 g/mol. The van der Waals surface area contributed by atoms with E-state index in [-0.39, 0.29) is 5.82 Å². The van der Waals surface area contributed by atoms with Gasteiger partial charge in [-0.3, -0.25) is 0 Å². The number of halogens is 2. The van der Waals surface area contributed by atoms with E-state index in [4.69, 9.17) is 0 Å². The van der Waals surface area contributed by atoms with Crippen molar-refractivity contribution in [2.24, 2.45) is 0 Å². The normalized spacial score (nSPS) is 10.2. The highest BCUT2D eigenvalue weighted by Gasteiger charge is 2.03.